The molecule has 1 fully saturated rings. The number of carbonyl (C=O) groups is 1. The number of para-hydroxylation sites is 2. The molecule has 1 aliphatic heterocycles. The fourth-order valence-electron chi connectivity index (χ4n) is 4.62. The van der Waals surface area contributed by atoms with Crippen LogP contribution in [0.25, 0.3) is 16.7 Å². The number of nitrogens with one attached hydrogen (secondary N) is 1. The standard InChI is InChI=1S/C26H24N6O3/c33-25(30-13-6-8-19(17-30)24-28-21-10-1-2-11-22(21)35-24)27-20-9-5-7-18(15-20)16-32-26(34)31-14-4-3-12-23(31)29-32/h1-5,7,9-12,14-15,19H,6,8,13,16-17H2,(H,27,33). The summed E-state index contributed by atoms with van der Waals surface area (Å²) in [5.74, 6) is 0.749. The van der Waals surface area contributed by atoms with Crippen LogP contribution >= 0.6 is 0 Å². The van der Waals surface area contributed by atoms with Crippen molar-refractivity contribution >= 4 is 28.5 Å². The van der Waals surface area contributed by atoms with Crippen molar-refractivity contribution < 1.29 is 9.21 Å². The quantitative estimate of drug-likeness (QED) is 0.428. The molecule has 9 heteroatoms. The van der Waals surface area contributed by atoms with Crippen LogP contribution in [0.1, 0.15) is 30.2 Å². The van der Waals surface area contributed by atoms with Crippen molar-refractivity contribution in [1.29, 1.82) is 0 Å². The number of piperidine rings is 1. The second-order valence-corrected chi connectivity index (χ2v) is 8.80. The molecule has 176 valence electrons. The molecular weight excluding hydrogens is 444 g/mol. The van der Waals surface area contributed by atoms with Crippen LogP contribution in [0.2, 0.25) is 0 Å². The second kappa shape index (κ2) is 8.75. The van der Waals surface area contributed by atoms with E-state index in [1.54, 1.807) is 18.3 Å². The highest BCUT2D eigenvalue weighted by atomic mass is 16.3. The Morgan fingerprint density at radius 1 is 1.09 bits per heavy atom. The topological polar surface area (TPSA) is 97.7 Å². The largest absolute Gasteiger partial charge is 0.440 e. The predicted octanol–water partition coefficient (Wildman–Crippen LogP) is 4.10. The highest BCUT2D eigenvalue weighted by Crippen LogP contribution is 2.29. The van der Waals surface area contributed by atoms with Gasteiger partial charge in [0.25, 0.3) is 0 Å². The minimum Gasteiger partial charge on any atom is -0.440 e. The van der Waals surface area contributed by atoms with Gasteiger partial charge in [-0.15, -0.1) is 5.10 Å². The Morgan fingerprint density at radius 3 is 2.86 bits per heavy atom. The smallest absolute Gasteiger partial charge is 0.350 e. The normalized spacial score (nSPS) is 16.1. The SMILES string of the molecule is O=C(Nc1cccc(Cn2nc3ccccn3c2=O)c1)N1CCCC(c2nc3ccccc3o2)C1. The predicted molar refractivity (Wildman–Crippen MR) is 132 cm³/mol. The van der Waals surface area contributed by atoms with E-state index in [0.29, 0.717) is 36.9 Å². The molecule has 2 amide bonds. The van der Waals surface area contributed by atoms with Crippen LogP contribution in [0, 0.1) is 0 Å². The van der Waals surface area contributed by atoms with E-state index in [-0.39, 0.29) is 17.6 Å². The molecule has 1 unspecified atom stereocenters. The molecule has 1 aliphatic rings. The van der Waals surface area contributed by atoms with Crippen molar-refractivity contribution in [2.24, 2.45) is 0 Å². The van der Waals surface area contributed by atoms with Crippen LogP contribution < -0.4 is 11.0 Å². The monoisotopic (exact) mass is 468 g/mol. The lowest BCUT2D eigenvalue weighted by atomic mass is 9.98. The van der Waals surface area contributed by atoms with Gasteiger partial charge in [-0.25, -0.2) is 19.3 Å². The summed E-state index contributed by atoms with van der Waals surface area (Å²) in [7, 11) is 0. The third-order valence-corrected chi connectivity index (χ3v) is 6.37. The number of carbonyl (C=O) groups excluding carboxylic acids is 1. The molecule has 1 N–H and O–H groups in total. The van der Waals surface area contributed by atoms with Gasteiger partial charge in [-0.1, -0.05) is 30.3 Å². The highest BCUT2D eigenvalue weighted by molar-refractivity contribution is 5.89. The summed E-state index contributed by atoms with van der Waals surface area (Å²) in [6.45, 7) is 1.54. The summed E-state index contributed by atoms with van der Waals surface area (Å²) in [4.78, 5) is 32.1. The molecule has 1 atom stereocenters. The number of aromatic nitrogens is 4. The fraction of sp³-hybridized carbons (Fsp3) is 0.231. The number of hydrogen-bond acceptors (Lipinski definition) is 5. The van der Waals surface area contributed by atoms with Crippen LogP contribution in [0.4, 0.5) is 10.5 Å². The maximum Gasteiger partial charge on any atom is 0.350 e. The molecule has 4 heterocycles. The van der Waals surface area contributed by atoms with Gasteiger partial charge in [-0.05, 0) is 54.8 Å². The summed E-state index contributed by atoms with van der Waals surface area (Å²) in [6.07, 6.45) is 3.51. The summed E-state index contributed by atoms with van der Waals surface area (Å²) in [5.41, 5.74) is 3.55. The van der Waals surface area contributed by atoms with E-state index in [4.69, 9.17) is 4.42 Å². The number of benzene rings is 2. The average Bonchev–Trinajstić information content (AvgIpc) is 3.46. The Morgan fingerprint density at radius 2 is 1.97 bits per heavy atom. The lowest BCUT2D eigenvalue weighted by Crippen LogP contribution is -2.41. The van der Waals surface area contributed by atoms with Crippen LogP contribution in [-0.4, -0.2) is 43.2 Å². The van der Waals surface area contributed by atoms with E-state index in [1.165, 1.54) is 9.08 Å². The van der Waals surface area contributed by atoms with E-state index in [0.717, 1.165) is 29.5 Å². The maximum absolute atomic E-state index is 13.1. The molecule has 5 aromatic rings. The second-order valence-electron chi connectivity index (χ2n) is 8.80. The van der Waals surface area contributed by atoms with Crippen LogP contribution in [-0.2, 0) is 6.54 Å². The van der Waals surface area contributed by atoms with Gasteiger partial charge < -0.3 is 14.6 Å². The molecule has 2 aromatic carbocycles. The van der Waals surface area contributed by atoms with Crippen LogP contribution in [0.15, 0.2) is 82.1 Å². The summed E-state index contributed by atoms with van der Waals surface area (Å²) in [5, 5.41) is 7.38. The molecule has 35 heavy (non-hydrogen) atoms. The first-order valence-electron chi connectivity index (χ1n) is 11.7. The molecule has 6 rings (SSSR count). The van der Waals surface area contributed by atoms with Gasteiger partial charge in [0, 0.05) is 25.0 Å². The number of anilines is 1. The summed E-state index contributed by atoms with van der Waals surface area (Å²) in [6, 6.07) is 20.5. The number of rotatable bonds is 4. The molecule has 3 aromatic heterocycles. The molecule has 0 aliphatic carbocycles. The average molecular weight is 469 g/mol. The van der Waals surface area contributed by atoms with Crippen molar-refractivity contribution in [3.63, 3.8) is 0 Å². The molecule has 0 bridgehead atoms. The first-order valence-corrected chi connectivity index (χ1v) is 11.7. The Balaban J connectivity index is 1.15. The first kappa shape index (κ1) is 21.2. The molecule has 0 radical (unpaired) electrons. The van der Waals surface area contributed by atoms with Crippen LogP contribution in [0.5, 0.6) is 0 Å². The number of likely N-dealkylation sites (tertiary alicyclic amines) is 1. The van der Waals surface area contributed by atoms with Gasteiger partial charge in [0.2, 0.25) is 0 Å². The molecular formula is C26H24N6O3. The molecule has 0 saturated carbocycles. The Hall–Kier alpha value is -4.40. The van der Waals surface area contributed by atoms with E-state index in [2.05, 4.69) is 15.4 Å². The lowest BCUT2D eigenvalue weighted by Gasteiger charge is -2.31. The number of oxazole rings is 1. The number of pyridine rings is 1. The van der Waals surface area contributed by atoms with Crippen molar-refractivity contribution in [2.45, 2.75) is 25.3 Å². The third kappa shape index (κ3) is 4.16. The highest BCUT2D eigenvalue weighted by Gasteiger charge is 2.28. The Labute approximate surface area is 200 Å². The zero-order valence-electron chi connectivity index (χ0n) is 19.0. The van der Waals surface area contributed by atoms with Gasteiger partial charge >= 0.3 is 11.7 Å². The molecule has 0 spiro atoms. The number of hydrogen-bond donors (Lipinski definition) is 1. The van der Waals surface area contributed by atoms with Gasteiger partial charge in [-0.2, -0.15) is 0 Å². The van der Waals surface area contributed by atoms with Gasteiger partial charge in [-0.3, -0.25) is 4.40 Å². The molecule has 9 nitrogen and oxygen atoms in total. The zero-order valence-corrected chi connectivity index (χ0v) is 19.0. The van der Waals surface area contributed by atoms with Crippen molar-refractivity contribution in [3.05, 3.63) is 94.9 Å². The third-order valence-electron chi connectivity index (χ3n) is 6.37. The number of nitrogens with zero attached hydrogens (tertiary/aromatic N) is 5. The lowest BCUT2D eigenvalue weighted by molar-refractivity contribution is 0.187. The van der Waals surface area contributed by atoms with Gasteiger partial charge in [0.1, 0.15) is 5.52 Å². The Kier molecular flexibility index (Phi) is 5.29. The minimum absolute atomic E-state index is 0.0650. The molecule has 1 saturated heterocycles. The van der Waals surface area contributed by atoms with Crippen molar-refractivity contribution in [1.82, 2.24) is 24.1 Å². The van der Waals surface area contributed by atoms with Crippen molar-refractivity contribution in [2.75, 3.05) is 18.4 Å². The van der Waals surface area contributed by atoms with Crippen molar-refractivity contribution in [3.8, 4) is 0 Å². The minimum atomic E-state index is -0.200. The van der Waals surface area contributed by atoms with E-state index in [9.17, 15) is 9.59 Å². The summed E-state index contributed by atoms with van der Waals surface area (Å²) >= 11 is 0. The first-order chi connectivity index (χ1) is 17.1. The van der Waals surface area contributed by atoms with Gasteiger partial charge in [0.15, 0.2) is 17.1 Å². The number of amides is 2. The van der Waals surface area contributed by atoms with Gasteiger partial charge in [0.05, 0.1) is 12.5 Å². The zero-order chi connectivity index (χ0) is 23.8. The summed E-state index contributed by atoms with van der Waals surface area (Å²) < 4.78 is 8.88. The van der Waals surface area contributed by atoms with Crippen LogP contribution in [0.3, 0.4) is 0 Å². The van der Waals surface area contributed by atoms with E-state index >= 15 is 0 Å². The van der Waals surface area contributed by atoms with E-state index < -0.39 is 0 Å². The van der Waals surface area contributed by atoms with E-state index in [1.807, 2.05) is 59.5 Å². The fourth-order valence-corrected chi connectivity index (χ4v) is 4.62. The number of fused-ring (bicyclic) bond motifs is 2. The number of urea groups is 1. The Bertz CT molecular complexity index is 1550. The maximum atomic E-state index is 13.1.